The Bertz CT molecular complexity index is 470. The number of phenols is 1. The van der Waals surface area contributed by atoms with Crippen LogP contribution in [0.15, 0.2) is 35.2 Å². The molecule has 1 aromatic heterocycles. The van der Waals surface area contributed by atoms with Gasteiger partial charge in [-0.2, -0.15) is 0 Å². The molecule has 2 rings (SSSR count). The first-order valence-corrected chi connectivity index (χ1v) is 7.14. The third-order valence-electron chi connectivity index (χ3n) is 2.98. The van der Waals surface area contributed by atoms with Gasteiger partial charge in [0, 0.05) is 30.0 Å². The second-order valence-corrected chi connectivity index (χ2v) is 4.92. The molecule has 18 heavy (non-hydrogen) atoms. The normalized spacial score (nSPS) is 12.5. The average molecular weight is 262 g/mol. The van der Waals surface area contributed by atoms with E-state index in [0.29, 0.717) is 5.75 Å². The summed E-state index contributed by atoms with van der Waals surface area (Å²) in [6.07, 6.45) is 1.88. The van der Waals surface area contributed by atoms with Gasteiger partial charge in [-0.1, -0.05) is 25.1 Å². The summed E-state index contributed by atoms with van der Waals surface area (Å²) < 4.78 is 0. The van der Waals surface area contributed by atoms with Gasteiger partial charge in [-0.3, -0.25) is 0 Å². The van der Waals surface area contributed by atoms with Crippen molar-refractivity contribution in [1.82, 2.24) is 10.3 Å². The van der Waals surface area contributed by atoms with E-state index in [1.165, 1.54) is 0 Å². The fourth-order valence-electron chi connectivity index (χ4n) is 1.99. The highest BCUT2D eigenvalue weighted by atomic mass is 32.1. The number of hydrogen-bond donors (Lipinski definition) is 2. The third-order valence-corrected chi connectivity index (χ3v) is 3.61. The summed E-state index contributed by atoms with van der Waals surface area (Å²) in [4.78, 5) is 4.26. The van der Waals surface area contributed by atoms with Crippen molar-refractivity contribution in [2.45, 2.75) is 25.8 Å². The van der Waals surface area contributed by atoms with E-state index in [1.54, 1.807) is 17.4 Å². The zero-order valence-corrected chi connectivity index (χ0v) is 11.3. The first-order valence-electron chi connectivity index (χ1n) is 6.19. The monoisotopic (exact) mass is 262 g/mol. The van der Waals surface area contributed by atoms with E-state index in [1.807, 2.05) is 23.7 Å². The first-order chi connectivity index (χ1) is 8.81. The Morgan fingerprint density at radius 2 is 2.22 bits per heavy atom. The van der Waals surface area contributed by atoms with Crippen LogP contribution in [0.1, 0.15) is 30.6 Å². The van der Waals surface area contributed by atoms with E-state index in [4.69, 9.17) is 0 Å². The van der Waals surface area contributed by atoms with Crippen molar-refractivity contribution in [2.24, 2.45) is 0 Å². The number of phenolic OH excluding ortho intramolecular Hbond substituents is 1. The molecule has 0 aliphatic rings. The lowest BCUT2D eigenvalue weighted by Crippen LogP contribution is -2.23. The number of hydrogen-bond acceptors (Lipinski definition) is 4. The summed E-state index contributed by atoms with van der Waals surface area (Å²) in [5.41, 5.74) is 3.95. The van der Waals surface area contributed by atoms with Crippen molar-refractivity contribution in [3.63, 3.8) is 0 Å². The fourth-order valence-corrected chi connectivity index (χ4v) is 2.58. The predicted molar refractivity (Wildman–Crippen MR) is 75.0 cm³/mol. The topological polar surface area (TPSA) is 45.2 Å². The standard InChI is InChI=1S/C14H18N2OS/c1-2-13(12-5-3-4-6-14(12)17)15-8-7-11-9-18-10-16-11/h3-6,9-10,13,15,17H,2,7-8H2,1H3. The van der Waals surface area contributed by atoms with Gasteiger partial charge in [-0.15, -0.1) is 11.3 Å². The molecule has 0 saturated carbocycles. The first kappa shape index (κ1) is 13.1. The quantitative estimate of drug-likeness (QED) is 0.840. The predicted octanol–water partition coefficient (Wildman–Crippen LogP) is 3.13. The van der Waals surface area contributed by atoms with Gasteiger partial charge in [0.2, 0.25) is 0 Å². The van der Waals surface area contributed by atoms with Crippen molar-refractivity contribution < 1.29 is 5.11 Å². The van der Waals surface area contributed by atoms with Gasteiger partial charge in [-0.25, -0.2) is 4.98 Å². The molecule has 2 aromatic rings. The molecule has 0 saturated heterocycles. The lowest BCUT2D eigenvalue weighted by molar-refractivity contribution is 0.442. The summed E-state index contributed by atoms with van der Waals surface area (Å²) >= 11 is 1.62. The smallest absolute Gasteiger partial charge is 0.120 e. The van der Waals surface area contributed by atoms with Gasteiger partial charge < -0.3 is 10.4 Å². The van der Waals surface area contributed by atoms with Crippen LogP contribution in [0.3, 0.4) is 0 Å². The number of para-hydroxylation sites is 1. The van der Waals surface area contributed by atoms with Crippen molar-refractivity contribution in [2.75, 3.05) is 6.54 Å². The summed E-state index contributed by atoms with van der Waals surface area (Å²) in [6, 6.07) is 7.71. The molecular weight excluding hydrogens is 244 g/mol. The summed E-state index contributed by atoms with van der Waals surface area (Å²) in [5, 5.41) is 15.4. The number of nitrogens with zero attached hydrogens (tertiary/aromatic N) is 1. The molecule has 4 heteroatoms. The van der Waals surface area contributed by atoms with Crippen LogP contribution < -0.4 is 5.32 Å². The Balaban J connectivity index is 1.91. The zero-order chi connectivity index (χ0) is 12.8. The maximum absolute atomic E-state index is 9.84. The molecule has 2 N–H and O–H groups in total. The zero-order valence-electron chi connectivity index (χ0n) is 10.5. The van der Waals surface area contributed by atoms with E-state index in [2.05, 4.69) is 22.6 Å². The van der Waals surface area contributed by atoms with Crippen LogP contribution in [0.4, 0.5) is 0 Å². The number of benzene rings is 1. The minimum Gasteiger partial charge on any atom is -0.508 e. The average Bonchev–Trinajstić information content (AvgIpc) is 2.89. The van der Waals surface area contributed by atoms with Gasteiger partial charge in [0.15, 0.2) is 0 Å². The lowest BCUT2D eigenvalue weighted by Gasteiger charge is -2.18. The minimum atomic E-state index is 0.199. The molecule has 96 valence electrons. The van der Waals surface area contributed by atoms with Crippen LogP contribution in [0, 0.1) is 0 Å². The fraction of sp³-hybridized carbons (Fsp3) is 0.357. The molecule has 1 heterocycles. The molecule has 1 aromatic carbocycles. The van der Waals surface area contributed by atoms with E-state index >= 15 is 0 Å². The van der Waals surface area contributed by atoms with Gasteiger partial charge in [0.05, 0.1) is 11.2 Å². The van der Waals surface area contributed by atoms with Crippen molar-refractivity contribution in [3.8, 4) is 5.75 Å². The second kappa shape index (κ2) is 6.52. The van der Waals surface area contributed by atoms with Crippen molar-refractivity contribution >= 4 is 11.3 Å². The molecule has 1 atom stereocenters. The maximum Gasteiger partial charge on any atom is 0.120 e. The molecule has 0 bridgehead atoms. The molecule has 0 amide bonds. The molecule has 0 aliphatic carbocycles. The highest BCUT2D eigenvalue weighted by Gasteiger charge is 2.12. The Morgan fingerprint density at radius 3 is 2.89 bits per heavy atom. The summed E-state index contributed by atoms with van der Waals surface area (Å²) in [6.45, 7) is 2.99. The Labute approximate surface area is 112 Å². The van der Waals surface area contributed by atoms with Crippen LogP contribution in [0.5, 0.6) is 5.75 Å². The maximum atomic E-state index is 9.84. The third kappa shape index (κ3) is 3.31. The molecule has 3 nitrogen and oxygen atoms in total. The van der Waals surface area contributed by atoms with Crippen molar-refractivity contribution in [3.05, 3.63) is 46.4 Å². The van der Waals surface area contributed by atoms with Crippen LogP contribution in [-0.2, 0) is 6.42 Å². The van der Waals surface area contributed by atoms with Crippen LogP contribution in [0.25, 0.3) is 0 Å². The summed E-state index contributed by atoms with van der Waals surface area (Å²) in [7, 11) is 0. The molecule has 1 unspecified atom stereocenters. The van der Waals surface area contributed by atoms with E-state index in [-0.39, 0.29) is 6.04 Å². The molecule has 0 spiro atoms. The molecule has 0 aliphatic heterocycles. The summed E-state index contributed by atoms with van der Waals surface area (Å²) in [5.74, 6) is 0.366. The van der Waals surface area contributed by atoms with Gasteiger partial charge >= 0.3 is 0 Å². The van der Waals surface area contributed by atoms with E-state index in [9.17, 15) is 5.11 Å². The van der Waals surface area contributed by atoms with Crippen LogP contribution in [0.2, 0.25) is 0 Å². The number of aromatic hydroxyl groups is 1. The van der Waals surface area contributed by atoms with Crippen LogP contribution >= 0.6 is 11.3 Å². The van der Waals surface area contributed by atoms with E-state index in [0.717, 1.165) is 30.6 Å². The van der Waals surface area contributed by atoms with Gasteiger partial charge in [0.25, 0.3) is 0 Å². The van der Waals surface area contributed by atoms with Crippen molar-refractivity contribution in [1.29, 1.82) is 0 Å². The van der Waals surface area contributed by atoms with Gasteiger partial charge in [-0.05, 0) is 12.5 Å². The number of aromatic nitrogens is 1. The number of rotatable bonds is 6. The Morgan fingerprint density at radius 1 is 1.39 bits per heavy atom. The van der Waals surface area contributed by atoms with E-state index < -0.39 is 0 Å². The minimum absolute atomic E-state index is 0.199. The van der Waals surface area contributed by atoms with Crippen LogP contribution in [-0.4, -0.2) is 16.6 Å². The Hall–Kier alpha value is -1.39. The SMILES string of the molecule is CCC(NCCc1cscn1)c1ccccc1O. The molecule has 0 fully saturated rings. The number of nitrogens with one attached hydrogen (secondary N) is 1. The molecular formula is C14H18N2OS. The molecule has 0 radical (unpaired) electrons. The second-order valence-electron chi connectivity index (χ2n) is 4.20. The highest BCUT2D eigenvalue weighted by Crippen LogP contribution is 2.25. The Kier molecular flexibility index (Phi) is 4.73. The highest BCUT2D eigenvalue weighted by molar-refractivity contribution is 7.07. The largest absolute Gasteiger partial charge is 0.508 e. The lowest BCUT2D eigenvalue weighted by atomic mass is 10.0. The number of thiazole rings is 1. The van der Waals surface area contributed by atoms with Gasteiger partial charge in [0.1, 0.15) is 5.75 Å².